The maximum Gasteiger partial charge on any atom is 0.257 e. The predicted molar refractivity (Wildman–Crippen MR) is 108 cm³/mol. The van der Waals surface area contributed by atoms with Crippen molar-refractivity contribution in [2.24, 2.45) is 0 Å². The highest BCUT2D eigenvalue weighted by Crippen LogP contribution is 2.42. The van der Waals surface area contributed by atoms with Gasteiger partial charge < -0.3 is 4.90 Å². The third-order valence-electron chi connectivity index (χ3n) is 4.98. The molecule has 0 atom stereocenters. The molecule has 1 aliphatic rings. The minimum atomic E-state index is -0.593. The summed E-state index contributed by atoms with van der Waals surface area (Å²) in [5.41, 5.74) is 3.07. The first-order valence-electron chi connectivity index (χ1n) is 8.73. The van der Waals surface area contributed by atoms with E-state index < -0.39 is 17.1 Å². The molecule has 1 N–H and O–H groups in total. The number of likely N-dealkylation sites (N-methyl/N-ethyl adjacent to an activating group) is 1. The van der Waals surface area contributed by atoms with Crippen LogP contribution in [0.1, 0.15) is 29.8 Å². The number of nitrogens with zero attached hydrogens (tertiary/aromatic N) is 2. The summed E-state index contributed by atoms with van der Waals surface area (Å²) >= 11 is 1.29. The smallest absolute Gasteiger partial charge is 0.257 e. The number of carbonyl (C=O) groups excluding carboxylic acids is 2. The van der Waals surface area contributed by atoms with Crippen LogP contribution in [0.3, 0.4) is 0 Å². The van der Waals surface area contributed by atoms with Gasteiger partial charge in [-0.3, -0.25) is 14.9 Å². The van der Waals surface area contributed by atoms with Gasteiger partial charge in [-0.2, -0.15) is 0 Å². The van der Waals surface area contributed by atoms with Crippen LogP contribution in [-0.4, -0.2) is 23.8 Å². The number of anilines is 2. The molecular weight excluding hydrogens is 377 g/mol. The van der Waals surface area contributed by atoms with Crippen LogP contribution in [0.4, 0.5) is 15.2 Å². The highest BCUT2D eigenvalue weighted by atomic mass is 32.1. The number of rotatable bonds is 3. The van der Waals surface area contributed by atoms with Gasteiger partial charge in [-0.15, -0.1) is 11.3 Å². The quantitative estimate of drug-likeness (QED) is 0.712. The van der Waals surface area contributed by atoms with Gasteiger partial charge in [0.2, 0.25) is 5.91 Å². The lowest BCUT2D eigenvalue weighted by Crippen LogP contribution is -2.33. The summed E-state index contributed by atoms with van der Waals surface area (Å²) in [5.74, 6) is -0.823. The summed E-state index contributed by atoms with van der Waals surface area (Å²) in [4.78, 5) is 30.9. The molecule has 0 radical (unpaired) electrons. The number of carbonyl (C=O) groups is 2. The summed E-state index contributed by atoms with van der Waals surface area (Å²) in [6, 6.07) is 11.3. The molecule has 2 amide bonds. The summed E-state index contributed by atoms with van der Waals surface area (Å²) in [6.45, 7) is 3.82. The van der Waals surface area contributed by atoms with Crippen LogP contribution in [0.2, 0.25) is 0 Å². The van der Waals surface area contributed by atoms with Crippen molar-refractivity contribution in [2.75, 3.05) is 17.3 Å². The highest BCUT2D eigenvalue weighted by Gasteiger charge is 2.42. The normalized spacial score (nSPS) is 14.9. The first kappa shape index (κ1) is 18.3. The molecule has 3 aromatic rings. The maximum absolute atomic E-state index is 13.3. The number of aromatic nitrogens is 1. The van der Waals surface area contributed by atoms with E-state index in [1.807, 2.05) is 37.4 Å². The van der Waals surface area contributed by atoms with Gasteiger partial charge in [0, 0.05) is 29.2 Å². The summed E-state index contributed by atoms with van der Waals surface area (Å²) in [7, 11) is 1.78. The molecule has 0 fully saturated rings. The number of thiazole rings is 1. The van der Waals surface area contributed by atoms with Crippen molar-refractivity contribution in [3.05, 3.63) is 64.8 Å². The topological polar surface area (TPSA) is 62.3 Å². The zero-order valence-corrected chi connectivity index (χ0v) is 16.4. The Hall–Kier alpha value is -3.06. The molecule has 28 heavy (non-hydrogen) atoms. The Morgan fingerprint density at radius 2 is 2.00 bits per heavy atom. The fraction of sp³-hybridized carbons (Fsp3) is 0.190. The molecule has 0 saturated heterocycles. The Balaban J connectivity index is 1.60. The largest absolute Gasteiger partial charge is 0.314 e. The van der Waals surface area contributed by atoms with E-state index in [4.69, 9.17) is 0 Å². The first-order valence-corrected chi connectivity index (χ1v) is 9.61. The molecule has 0 bridgehead atoms. The van der Waals surface area contributed by atoms with E-state index in [9.17, 15) is 14.0 Å². The number of halogens is 1. The van der Waals surface area contributed by atoms with Crippen molar-refractivity contribution in [3.8, 4) is 11.3 Å². The van der Waals surface area contributed by atoms with Gasteiger partial charge >= 0.3 is 0 Å². The molecular formula is C21H18FN3O2S. The lowest BCUT2D eigenvalue weighted by atomic mass is 9.85. The molecule has 0 spiro atoms. The van der Waals surface area contributed by atoms with Crippen molar-refractivity contribution in [2.45, 2.75) is 19.3 Å². The number of benzene rings is 2. The fourth-order valence-corrected chi connectivity index (χ4v) is 4.11. The van der Waals surface area contributed by atoms with E-state index in [2.05, 4.69) is 10.3 Å². The second-order valence-corrected chi connectivity index (χ2v) is 8.08. The van der Waals surface area contributed by atoms with Crippen LogP contribution in [0.25, 0.3) is 11.3 Å². The monoisotopic (exact) mass is 395 g/mol. The molecule has 1 aromatic heterocycles. The predicted octanol–water partition coefficient (Wildman–Crippen LogP) is 4.46. The lowest BCUT2D eigenvalue weighted by Gasteiger charge is -2.16. The zero-order valence-electron chi connectivity index (χ0n) is 15.6. The maximum atomic E-state index is 13.3. The summed E-state index contributed by atoms with van der Waals surface area (Å²) in [6.07, 6.45) is 0. The van der Waals surface area contributed by atoms with Gasteiger partial charge in [0.25, 0.3) is 5.91 Å². The molecule has 7 heteroatoms. The Labute approximate surface area is 165 Å². The number of hydrogen-bond donors (Lipinski definition) is 1. The van der Waals surface area contributed by atoms with Crippen molar-refractivity contribution in [3.63, 3.8) is 0 Å². The third-order valence-corrected chi connectivity index (χ3v) is 5.74. The number of hydrogen-bond acceptors (Lipinski definition) is 4. The second-order valence-electron chi connectivity index (χ2n) is 7.22. The molecule has 5 nitrogen and oxygen atoms in total. The van der Waals surface area contributed by atoms with E-state index in [-0.39, 0.29) is 11.5 Å². The highest BCUT2D eigenvalue weighted by molar-refractivity contribution is 7.14. The minimum Gasteiger partial charge on any atom is -0.314 e. The van der Waals surface area contributed by atoms with E-state index in [1.54, 1.807) is 18.0 Å². The van der Waals surface area contributed by atoms with Crippen LogP contribution < -0.4 is 10.2 Å². The van der Waals surface area contributed by atoms with Crippen LogP contribution in [0.5, 0.6) is 0 Å². The number of nitrogens with one attached hydrogen (secondary N) is 1. The van der Waals surface area contributed by atoms with Gasteiger partial charge in [0.05, 0.1) is 11.1 Å². The summed E-state index contributed by atoms with van der Waals surface area (Å²) in [5, 5.41) is 4.97. The molecule has 2 aromatic carbocycles. The van der Waals surface area contributed by atoms with Crippen molar-refractivity contribution in [1.82, 2.24) is 4.98 Å². The number of fused-ring (bicyclic) bond motifs is 1. The molecule has 0 unspecified atom stereocenters. The Morgan fingerprint density at radius 1 is 1.21 bits per heavy atom. The Bertz CT molecular complexity index is 1110. The second kappa shape index (κ2) is 6.53. The minimum absolute atomic E-state index is 0.0565. The standard InChI is InChI=1S/C21H18FN3O2S/c1-21(2)15-10-12(7-8-17(15)25(3)19(21)27)16-11-28-20(23-16)24-18(26)13-5-4-6-14(22)9-13/h4-11H,1-3H3,(H,23,24,26). The lowest BCUT2D eigenvalue weighted by molar-refractivity contribution is -0.121. The van der Waals surface area contributed by atoms with Crippen LogP contribution in [-0.2, 0) is 10.2 Å². The van der Waals surface area contributed by atoms with E-state index in [0.29, 0.717) is 10.8 Å². The average molecular weight is 395 g/mol. The zero-order chi connectivity index (χ0) is 20.1. The Kier molecular flexibility index (Phi) is 4.27. The molecule has 0 aliphatic carbocycles. The molecule has 1 aliphatic heterocycles. The molecule has 4 rings (SSSR count). The SMILES string of the molecule is CN1C(=O)C(C)(C)c2cc(-c3csc(NC(=O)c4cccc(F)c4)n3)ccc21. The van der Waals surface area contributed by atoms with Crippen molar-refractivity contribution >= 4 is 34.0 Å². The van der Waals surface area contributed by atoms with Crippen molar-refractivity contribution < 1.29 is 14.0 Å². The van der Waals surface area contributed by atoms with Gasteiger partial charge in [0.1, 0.15) is 5.82 Å². The van der Waals surface area contributed by atoms with Crippen LogP contribution >= 0.6 is 11.3 Å². The van der Waals surface area contributed by atoms with Gasteiger partial charge in [-0.25, -0.2) is 9.37 Å². The van der Waals surface area contributed by atoms with Crippen molar-refractivity contribution in [1.29, 1.82) is 0 Å². The van der Waals surface area contributed by atoms with Gasteiger partial charge in [-0.1, -0.05) is 12.1 Å². The first-order chi connectivity index (χ1) is 13.3. The third kappa shape index (κ3) is 2.97. The van der Waals surface area contributed by atoms with Crippen LogP contribution in [0.15, 0.2) is 47.8 Å². The van der Waals surface area contributed by atoms with E-state index in [0.717, 1.165) is 16.8 Å². The average Bonchev–Trinajstić information content (AvgIpc) is 3.20. The van der Waals surface area contributed by atoms with Gasteiger partial charge in [0.15, 0.2) is 5.13 Å². The van der Waals surface area contributed by atoms with E-state index >= 15 is 0 Å². The van der Waals surface area contributed by atoms with E-state index in [1.165, 1.54) is 29.5 Å². The summed E-state index contributed by atoms with van der Waals surface area (Å²) < 4.78 is 13.3. The fourth-order valence-electron chi connectivity index (χ4n) is 3.40. The van der Waals surface area contributed by atoms with Crippen LogP contribution in [0, 0.1) is 5.82 Å². The molecule has 142 valence electrons. The van der Waals surface area contributed by atoms with Gasteiger partial charge in [-0.05, 0) is 49.7 Å². The Morgan fingerprint density at radius 3 is 2.75 bits per heavy atom. The molecule has 2 heterocycles. The number of amides is 2. The molecule has 0 saturated carbocycles.